The van der Waals surface area contributed by atoms with Gasteiger partial charge in [-0.05, 0) is 25.9 Å². The number of sulfone groups is 1. The van der Waals surface area contributed by atoms with Gasteiger partial charge in [-0.15, -0.1) is 0 Å². The van der Waals surface area contributed by atoms with E-state index in [0.29, 0.717) is 6.54 Å². The predicted molar refractivity (Wildman–Crippen MR) is 54.9 cm³/mol. The molecule has 1 heterocycles. The lowest BCUT2D eigenvalue weighted by Crippen LogP contribution is -2.37. The second-order valence-corrected chi connectivity index (χ2v) is 6.20. The minimum Gasteiger partial charge on any atom is -0.303 e. The van der Waals surface area contributed by atoms with Gasteiger partial charge >= 0.3 is 0 Å². The van der Waals surface area contributed by atoms with E-state index >= 15 is 0 Å². The molecule has 0 aromatic heterocycles. The Morgan fingerprint density at radius 2 is 1.93 bits per heavy atom. The minimum atomic E-state index is -2.85. The van der Waals surface area contributed by atoms with Crippen molar-refractivity contribution in [3.8, 4) is 0 Å². The molecule has 0 aromatic carbocycles. The van der Waals surface area contributed by atoms with Crippen LogP contribution in [0.2, 0.25) is 0 Å². The fourth-order valence-electron chi connectivity index (χ4n) is 1.61. The topological polar surface area (TPSA) is 54.5 Å². The summed E-state index contributed by atoms with van der Waals surface area (Å²) in [5.74, 6) is 0.406. The van der Waals surface area contributed by atoms with Crippen molar-refractivity contribution in [3.05, 3.63) is 0 Å². The van der Waals surface area contributed by atoms with Crippen LogP contribution >= 0.6 is 0 Å². The van der Waals surface area contributed by atoms with Gasteiger partial charge in [0.2, 0.25) is 0 Å². The van der Waals surface area contributed by atoms with Gasteiger partial charge in [-0.2, -0.15) is 0 Å². The van der Waals surface area contributed by atoms with Crippen molar-refractivity contribution in [1.82, 2.24) is 4.90 Å². The summed E-state index contributed by atoms with van der Waals surface area (Å²) in [7, 11) is -2.85. The van der Waals surface area contributed by atoms with Crippen molar-refractivity contribution in [1.29, 1.82) is 0 Å². The molecule has 5 heteroatoms. The molecule has 0 amide bonds. The third-order valence-corrected chi connectivity index (χ3v) is 3.53. The largest absolute Gasteiger partial charge is 0.303 e. The summed E-state index contributed by atoms with van der Waals surface area (Å²) in [4.78, 5) is 12.6. The van der Waals surface area contributed by atoms with Crippen LogP contribution in [0, 0.1) is 5.92 Å². The first-order chi connectivity index (χ1) is 6.51. The normalized spacial score (nSPS) is 20.9. The number of nitrogens with zero attached hydrogens (tertiary/aromatic N) is 1. The van der Waals surface area contributed by atoms with E-state index in [1.165, 1.54) is 6.26 Å². The van der Waals surface area contributed by atoms with Crippen molar-refractivity contribution in [2.45, 2.75) is 12.8 Å². The first-order valence-corrected chi connectivity index (χ1v) is 6.92. The molecule has 0 spiro atoms. The van der Waals surface area contributed by atoms with Crippen LogP contribution in [0.5, 0.6) is 0 Å². The summed E-state index contributed by atoms with van der Waals surface area (Å²) >= 11 is 0. The van der Waals surface area contributed by atoms with Crippen LogP contribution < -0.4 is 0 Å². The second kappa shape index (κ2) is 4.89. The smallest absolute Gasteiger partial charge is 0.148 e. The summed E-state index contributed by atoms with van der Waals surface area (Å²) in [6.07, 6.45) is 4.00. The van der Waals surface area contributed by atoms with Crippen molar-refractivity contribution in [3.63, 3.8) is 0 Å². The molecule has 0 saturated carbocycles. The van der Waals surface area contributed by atoms with Gasteiger partial charge in [-0.3, -0.25) is 0 Å². The molecule has 1 fully saturated rings. The number of hydrogen-bond donors (Lipinski definition) is 0. The third-order valence-electron chi connectivity index (χ3n) is 2.60. The SMILES string of the molecule is CS(=O)(=O)CCN1CCC(C=O)CC1. The minimum absolute atomic E-state index is 0.185. The maximum atomic E-state index is 10.9. The molecule has 1 saturated heterocycles. The Balaban J connectivity index is 2.26. The standard InChI is InChI=1S/C9H17NO3S/c1-14(12,13)7-6-10-4-2-9(8-11)3-5-10/h8-9H,2-7H2,1H3. The lowest BCUT2D eigenvalue weighted by atomic mass is 9.99. The molecule has 1 aliphatic heterocycles. The Hall–Kier alpha value is -0.420. The molecule has 0 atom stereocenters. The fourth-order valence-corrected chi connectivity index (χ4v) is 2.20. The molecule has 1 aliphatic rings. The summed E-state index contributed by atoms with van der Waals surface area (Å²) in [5, 5.41) is 0. The molecule has 0 unspecified atom stereocenters. The van der Waals surface area contributed by atoms with Gasteiger partial charge in [0.1, 0.15) is 16.1 Å². The summed E-state index contributed by atoms with van der Waals surface area (Å²) in [6.45, 7) is 2.29. The van der Waals surface area contributed by atoms with Gasteiger partial charge in [0.05, 0.1) is 5.75 Å². The van der Waals surface area contributed by atoms with Gasteiger partial charge in [-0.25, -0.2) is 8.42 Å². The highest BCUT2D eigenvalue weighted by atomic mass is 32.2. The highest BCUT2D eigenvalue weighted by molar-refractivity contribution is 7.90. The van der Waals surface area contributed by atoms with Crippen LogP contribution in [-0.4, -0.2) is 51.2 Å². The number of piperidine rings is 1. The molecule has 0 N–H and O–H groups in total. The first kappa shape index (κ1) is 11.7. The van der Waals surface area contributed by atoms with Crippen molar-refractivity contribution in [2.24, 2.45) is 5.92 Å². The lowest BCUT2D eigenvalue weighted by molar-refractivity contribution is -0.112. The molecule has 0 radical (unpaired) electrons. The Kier molecular flexibility index (Phi) is 4.07. The van der Waals surface area contributed by atoms with E-state index in [1.54, 1.807) is 0 Å². The average molecular weight is 219 g/mol. The Labute approximate surface area is 85.2 Å². The molecule has 0 aromatic rings. The van der Waals surface area contributed by atoms with Crippen molar-refractivity contribution < 1.29 is 13.2 Å². The van der Waals surface area contributed by atoms with E-state index in [-0.39, 0.29) is 11.7 Å². The number of aldehydes is 1. The maximum absolute atomic E-state index is 10.9. The number of rotatable bonds is 4. The Morgan fingerprint density at radius 3 is 2.36 bits per heavy atom. The first-order valence-electron chi connectivity index (χ1n) is 4.86. The zero-order chi connectivity index (χ0) is 10.6. The van der Waals surface area contributed by atoms with Crippen LogP contribution in [0.3, 0.4) is 0 Å². The van der Waals surface area contributed by atoms with E-state index in [1.807, 2.05) is 0 Å². The van der Waals surface area contributed by atoms with E-state index < -0.39 is 9.84 Å². The van der Waals surface area contributed by atoms with E-state index in [0.717, 1.165) is 32.2 Å². The van der Waals surface area contributed by atoms with Gasteiger partial charge in [0.15, 0.2) is 0 Å². The van der Waals surface area contributed by atoms with Crippen LogP contribution in [0.4, 0.5) is 0 Å². The number of carbonyl (C=O) groups is 1. The average Bonchev–Trinajstić information content (AvgIpc) is 2.14. The lowest BCUT2D eigenvalue weighted by Gasteiger charge is -2.29. The van der Waals surface area contributed by atoms with Crippen LogP contribution in [0.25, 0.3) is 0 Å². The monoisotopic (exact) mass is 219 g/mol. The van der Waals surface area contributed by atoms with Crippen molar-refractivity contribution in [2.75, 3.05) is 31.6 Å². The Bertz CT molecular complexity index is 278. The molecule has 14 heavy (non-hydrogen) atoms. The molecule has 4 nitrogen and oxygen atoms in total. The van der Waals surface area contributed by atoms with Crippen LogP contribution in [-0.2, 0) is 14.6 Å². The van der Waals surface area contributed by atoms with E-state index in [2.05, 4.69) is 4.90 Å². The van der Waals surface area contributed by atoms with Gasteiger partial charge in [0, 0.05) is 18.7 Å². The quantitative estimate of drug-likeness (QED) is 0.622. The van der Waals surface area contributed by atoms with Gasteiger partial charge in [-0.1, -0.05) is 0 Å². The van der Waals surface area contributed by atoms with Crippen molar-refractivity contribution >= 4 is 16.1 Å². The highest BCUT2D eigenvalue weighted by Gasteiger charge is 2.18. The van der Waals surface area contributed by atoms with Crippen LogP contribution in [0.15, 0.2) is 0 Å². The number of carbonyl (C=O) groups excluding carboxylic acids is 1. The molecule has 0 bridgehead atoms. The van der Waals surface area contributed by atoms with Crippen LogP contribution in [0.1, 0.15) is 12.8 Å². The highest BCUT2D eigenvalue weighted by Crippen LogP contribution is 2.14. The third kappa shape index (κ3) is 4.19. The number of likely N-dealkylation sites (tertiary alicyclic amines) is 1. The maximum Gasteiger partial charge on any atom is 0.148 e. The summed E-state index contributed by atoms with van der Waals surface area (Å²) < 4.78 is 21.8. The molecular formula is C9H17NO3S. The molecular weight excluding hydrogens is 202 g/mol. The predicted octanol–water partition coefficient (Wildman–Crippen LogP) is -0.0581. The zero-order valence-electron chi connectivity index (χ0n) is 8.48. The fraction of sp³-hybridized carbons (Fsp3) is 0.889. The van der Waals surface area contributed by atoms with E-state index in [4.69, 9.17) is 0 Å². The second-order valence-electron chi connectivity index (χ2n) is 3.95. The molecule has 1 rings (SSSR count). The Morgan fingerprint density at radius 1 is 1.36 bits per heavy atom. The summed E-state index contributed by atoms with van der Waals surface area (Å²) in [5.41, 5.74) is 0. The van der Waals surface area contributed by atoms with E-state index in [9.17, 15) is 13.2 Å². The molecule has 0 aliphatic carbocycles. The zero-order valence-corrected chi connectivity index (χ0v) is 9.29. The summed E-state index contributed by atoms with van der Waals surface area (Å²) in [6, 6.07) is 0. The van der Waals surface area contributed by atoms with Gasteiger partial charge in [0.25, 0.3) is 0 Å². The number of hydrogen-bond acceptors (Lipinski definition) is 4. The van der Waals surface area contributed by atoms with Gasteiger partial charge < -0.3 is 9.69 Å². The molecule has 82 valence electrons.